The van der Waals surface area contributed by atoms with Crippen molar-refractivity contribution in [2.75, 3.05) is 6.61 Å². The van der Waals surface area contributed by atoms with Gasteiger partial charge in [-0.3, -0.25) is 4.79 Å². The number of nitrogens with zero attached hydrogens (tertiary/aromatic N) is 2. The fraction of sp³-hybridized carbons (Fsp3) is 0.474. The van der Waals surface area contributed by atoms with Crippen molar-refractivity contribution in [1.29, 1.82) is 0 Å². The van der Waals surface area contributed by atoms with Gasteiger partial charge in [-0.05, 0) is 38.7 Å². The van der Waals surface area contributed by atoms with Gasteiger partial charge in [-0.2, -0.15) is 0 Å². The number of fused-ring (bicyclic) bond motifs is 1. The second-order valence-corrected chi connectivity index (χ2v) is 6.73. The third kappa shape index (κ3) is 2.79. The van der Waals surface area contributed by atoms with E-state index in [0.29, 0.717) is 24.3 Å². The Morgan fingerprint density at radius 3 is 2.79 bits per heavy atom. The van der Waals surface area contributed by atoms with E-state index in [1.165, 1.54) is 11.8 Å². The number of hydrogen-bond acceptors (Lipinski definition) is 4. The maximum Gasteiger partial charge on any atom is 0.292 e. The Morgan fingerprint density at radius 1 is 1.25 bits per heavy atom. The van der Waals surface area contributed by atoms with Gasteiger partial charge >= 0.3 is 0 Å². The quantitative estimate of drug-likeness (QED) is 0.860. The molecule has 2 aromatic rings. The summed E-state index contributed by atoms with van der Waals surface area (Å²) in [6, 6.07) is 6.56. The topological polar surface area (TPSA) is 55.6 Å². The molecule has 24 heavy (non-hydrogen) atoms. The lowest BCUT2D eigenvalue weighted by atomic mass is 9.98. The van der Waals surface area contributed by atoms with Gasteiger partial charge in [-0.25, -0.2) is 4.98 Å². The summed E-state index contributed by atoms with van der Waals surface area (Å²) in [5, 5.41) is 0. The van der Waals surface area contributed by atoms with Crippen molar-refractivity contribution < 1.29 is 13.9 Å². The number of carbonyl (C=O) groups is 1. The Hall–Kier alpha value is -2.30. The van der Waals surface area contributed by atoms with Gasteiger partial charge in [-0.15, -0.1) is 0 Å². The van der Waals surface area contributed by atoms with Crippen LogP contribution in [-0.4, -0.2) is 28.4 Å². The third-order valence-electron chi connectivity index (χ3n) is 4.75. The number of carbonyl (C=O) groups excluding carboxylic acids is 1. The van der Waals surface area contributed by atoms with Crippen LogP contribution < -0.4 is 4.74 Å². The molecule has 1 amide bonds. The van der Waals surface area contributed by atoms with E-state index in [1.54, 1.807) is 6.92 Å². The summed E-state index contributed by atoms with van der Waals surface area (Å²) in [5.41, 5.74) is 2.30. The van der Waals surface area contributed by atoms with Crippen molar-refractivity contribution in [2.24, 2.45) is 0 Å². The van der Waals surface area contributed by atoms with E-state index in [1.807, 2.05) is 11.0 Å². The Bertz CT molecular complexity index is 764. The zero-order chi connectivity index (χ0) is 16.7. The highest BCUT2D eigenvalue weighted by atomic mass is 16.5. The lowest BCUT2D eigenvalue weighted by Gasteiger charge is -2.31. The van der Waals surface area contributed by atoms with Crippen LogP contribution in [0.4, 0.5) is 0 Å². The van der Waals surface area contributed by atoms with E-state index in [2.05, 4.69) is 24.0 Å². The Balaban J connectivity index is 1.74. The molecule has 0 bridgehead atoms. The van der Waals surface area contributed by atoms with E-state index in [4.69, 9.17) is 9.15 Å². The summed E-state index contributed by atoms with van der Waals surface area (Å²) in [6.45, 7) is 4.53. The van der Waals surface area contributed by atoms with Gasteiger partial charge in [0.25, 0.3) is 5.91 Å². The van der Waals surface area contributed by atoms with Crippen molar-refractivity contribution in [3.05, 3.63) is 47.2 Å². The van der Waals surface area contributed by atoms with Gasteiger partial charge in [0.05, 0.1) is 18.8 Å². The van der Waals surface area contributed by atoms with E-state index in [9.17, 15) is 4.79 Å². The Morgan fingerprint density at radius 2 is 2.08 bits per heavy atom. The summed E-state index contributed by atoms with van der Waals surface area (Å²) in [5.74, 6) is 1.70. The highest BCUT2D eigenvalue weighted by Gasteiger charge is 2.40. The summed E-state index contributed by atoms with van der Waals surface area (Å²) in [7, 11) is 0. The molecule has 2 aliphatic rings. The number of aryl methyl sites for hydroxylation is 2. The van der Waals surface area contributed by atoms with Crippen LogP contribution in [0.1, 0.15) is 59.3 Å². The van der Waals surface area contributed by atoms with Crippen LogP contribution in [0.3, 0.4) is 0 Å². The molecule has 0 saturated heterocycles. The first-order valence-electron chi connectivity index (χ1n) is 8.62. The molecule has 126 valence electrons. The molecule has 1 aromatic heterocycles. The zero-order valence-corrected chi connectivity index (χ0v) is 14.1. The van der Waals surface area contributed by atoms with Crippen LogP contribution in [0.25, 0.3) is 0 Å². The Kier molecular flexibility index (Phi) is 3.79. The molecule has 1 unspecified atom stereocenters. The van der Waals surface area contributed by atoms with Gasteiger partial charge in [0.1, 0.15) is 5.75 Å². The predicted octanol–water partition coefficient (Wildman–Crippen LogP) is 3.81. The fourth-order valence-corrected chi connectivity index (χ4v) is 3.46. The molecule has 1 aliphatic carbocycles. The average Bonchev–Trinajstić information content (AvgIpc) is 3.33. The van der Waals surface area contributed by atoms with Gasteiger partial charge in [0, 0.05) is 18.5 Å². The number of amides is 1. The van der Waals surface area contributed by atoms with E-state index in [-0.39, 0.29) is 11.9 Å². The largest absolute Gasteiger partial charge is 0.493 e. The summed E-state index contributed by atoms with van der Waals surface area (Å²) >= 11 is 0. The van der Waals surface area contributed by atoms with Crippen LogP contribution in [0.5, 0.6) is 5.75 Å². The molecule has 1 fully saturated rings. The van der Waals surface area contributed by atoms with E-state index in [0.717, 1.165) is 37.0 Å². The fourth-order valence-electron chi connectivity index (χ4n) is 3.46. The molecule has 1 saturated carbocycles. The standard InChI is InChI=1S/C19H22N2O3/c1-12-5-8-17-15(10-12)16(4-3-9-23-17)21(14-6-7-14)19(22)18-11-20-13(2)24-18/h5,8,10-11,14,16H,3-4,6-7,9H2,1-2H3. The minimum atomic E-state index is -0.0579. The Labute approximate surface area is 141 Å². The average molecular weight is 326 g/mol. The summed E-state index contributed by atoms with van der Waals surface area (Å²) < 4.78 is 11.4. The highest BCUT2D eigenvalue weighted by Crippen LogP contribution is 2.42. The lowest BCUT2D eigenvalue weighted by molar-refractivity contribution is 0.0613. The number of oxazole rings is 1. The van der Waals surface area contributed by atoms with Crippen LogP contribution in [0, 0.1) is 13.8 Å². The monoisotopic (exact) mass is 326 g/mol. The van der Waals surface area contributed by atoms with E-state index < -0.39 is 0 Å². The van der Waals surface area contributed by atoms with Crippen LogP contribution in [0.15, 0.2) is 28.8 Å². The smallest absolute Gasteiger partial charge is 0.292 e. The number of aromatic nitrogens is 1. The maximum atomic E-state index is 13.1. The molecule has 5 heteroatoms. The molecule has 1 atom stereocenters. The summed E-state index contributed by atoms with van der Waals surface area (Å²) in [4.78, 5) is 19.2. The lowest BCUT2D eigenvalue weighted by Crippen LogP contribution is -2.36. The van der Waals surface area contributed by atoms with Crippen LogP contribution in [-0.2, 0) is 0 Å². The highest BCUT2D eigenvalue weighted by molar-refractivity contribution is 5.92. The van der Waals surface area contributed by atoms with Gasteiger partial charge < -0.3 is 14.1 Å². The predicted molar refractivity (Wildman–Crippen MR) is 89.1 cm³/mol. The molecular formula is C19H22N2O3. The molecular weight excluding hydrogens is 304 g/mol. The van der Waals surface area contributed by atoms with Crippen molar-refractivity contribution in [3.8, 4) is 5.75 Å². The van der Waals surface area contributed by atoms with Crippen molar-refractivity contribution >= 4 is 5.91 Å². The number of ether oxygens (including phenoxy) is 1. The molecule has 1 aromatic carbocycles. The second kappa shape index (κ2) is 5.96. The molecule has 5 nitrogen and oxygen atoms in total. The van der Waals surface area contributed by atoms with Gasteiger partial charge in [-0.1, -0.05) is 17.7 Å². The van der Waals surface area contributed by atoms with Crippen molar-refractivity contribution in [1.82, 2.24) is 9.88 Å². The van der Waals surface area contributed by atoms with Crippen LogP contribution >= 0.6 is 0 Å². The third-order valence-corrected chi connectivity index (χ3v) is 4.75. The maximum absolute atomic E-state index is 13.1. The number of benzene rings is 1. The molecule has 0 radical (unpaired) electrons. The zero-order valence-electron chi connectivity index (χ0n) is 14.1. The minimum Gasteiger partial charge on any atom is -0.493 e. The first-order valence-corrected chi connectivity index (χ1v) is 8.62. The van der Waals surface area contributed by atoms with Gasteiger partial charge in [0.2, 0.25) is 5.76 Å². The first kappa shape index (κ1) is 15.2. The first-order chi connectivity index (χ1) is 11.6. The number of hydrogen-bond donors (Lipinski definition) is 0. The van der Waals surface area contributed by atoms with E-state index >= 15 is 0 Å². The number of rotatable bonds is 3. The summed E-state index contributed by atoms with van der Waals surface area (Å²) in [6.07, 6.45) is 5.49. The normalized spacial score (nSPS) is 20.0. The minimum absolute atomic E-state index is 0.0350. The molecule has 0 spiro atoms. The van der Waals surface area contributed by atoms with Crippen molar-refractivity contribution in [2.45, 2.75) is 51.6 Å². The van der Waals surface area contributed by atoms with Crippen LogP contribution in [0.2, 0.25) is 0 Å². The molecule has 0 N–H and O–H groups in total. The second-order valence-electron chi connectivity index (χ2n) is 6.73. The van der Waals surface area contributed by atoms with Gasteiger partial charge in [0.15, 0.2) is 5.89 Å². The molecule has 1 aliphatic heterocycles. The van der Waals surface area contributed by atoms with Crippen molar-refractivity contribution in [3.63, 3.8) is 0 Å². The molecule has 4 rings (SSSR count). The SMILES string of the molecule is Cc1ccc2c(c1)C(N(C(=O)c1cnc(C)o1)C1CC1)CCCO2. The molecule has 2 heterocycles.